The summed E-state index contributed by atoms with van der Waals surface area (Å²) in [5.41, 5.74) is -0.408. The number of methoxy groups -OCH3 is 2. The average Bonchev–Trinajstić information content (AvgIpc) is 3.20. The second-order valence-corrected chi connectivity index (χ2v) is 6.66. The number of amides is 1. The summed E-state index contributed by atoms with van der Waals surface area (Å²) in [6, 6.07) is 9.16. The molecule has 0 aromatic heterocycles. The van der Waals surface area contributed by atoms with Gasteiger partial charge in [-0.05, 0) is 42.6 Å². The quantitative estimate of drug-likeness (QED) is 0.733. The van der Waals surface area contributed by atoms with Gasteiger partial charge in [-0.1, -0.05) is 36.4 Å². The minimum atomic E-state index is -2.50. The first-order valence-electron chi connectivity index (χ1n) is 8.90. The molecular formula is C21H22FNO5. The van der Waals surface area contributed by atoms with Gasteiger partial charge in [0.05, 0.1) is 0 Å². The maximum atomic E-state index is 15.8. The van der Waals surface area contributed by atoms with Crippen molar-refractivity contribution in [3.05, 3.63) is 65.3 Å². The van der Waals surface area contributed by atoms with Crippen LogP contribution in [-0.2, 0) is 19.1 Å². The van der Waals surface area contributed by atoms with E-state index in [1.54, 1.807) is 6.08 Å². The van der Waals surface area contributed by atoms with Crippen LogP contribution in [-0.4, -0.2) is 42.8 Å². The molecule has 6 nitrogen and oxygen atoms in total. The zero-order valence-electron chi connectivity index (χ0n) is 15.7. The number of halogens is 1. The molecule has 1 aromatic carbocycles. The van der Waals surface area contributed by atoms with Crippen LogP contribution in [0, 0.1) is 0 Å². The largest absolute Gasteiger partial charge is 0.478 e. The lowest BCUT2D eigenvalue weighted by Crippen LogP contribution is -2.63. The van der Waals surface area contributed by atoms with Gasteiger partial charge in [-0.3, -0.25) is 4.79 Å². The normalized spacial score (nSPS) is 26.9. The van der Waals surface area contributed by atoms with Crippen molar-refractivity contribution in [2.75, 3.05) is 14.2 Å². The highest BCUT2D eigenvalue weighted by atomic mass is 19.2. The molecule has 7 heteroatoms. The number of allylic oxidation sites excluding steroid dienone is 2. The predicted octanol–water partition coefficient (Wildman–Crippen LogP) is 2.98. The molecule has 148 valence electrons. The number of carbonyl (C=O) groups is 2. The molecule has 3 rings (SSSR count). The summed E-state index contributed by atoms with van der Waals surface area (Å²) in [6.45, 7) is 0. The maximum Gasteiger partial charge on any atom is 0.332 e. The number of carbonyl (C=O) groups excluding carboxylic acids is 1. The first-order valence-corrected chi connectivity index (χ1v) is 8.90. The Bertz CT molecular complexity index is 876. The molecular weight excluding hydrogens is 365 g/mol. The number of benzene rings is 1. The van der Waals surface area contributed by atoms with E-state index >= 15 is 4.39 Å². The van der Waals surface area contributed by atoms with E-state index in [0.29, 0.717) is 24.8 Å². The van der Waals surface area contributed by atoms with Crippen LogP contribution in [0.25, 0.3) is 5.57 Å². The topological polar surface area (TPSA) is 84.9 Å². The smallest absolute Gasteiger partial charge is 0.332 e. The number of carboxylic acids is 1. The van der Waals surface area contributed by atoms with Gasteiger partial charge in [-0.25, -0.2) is 9.18 Å². The van der Waals surface area contributed by atoms with Crippen LogP contribution < -0.4 is 5.32 Å². The zero-order valence-corrected chi connectivity index (χ0v) is 15.7. The second-order valence-electron chi connectivity index (χ2n) is 6.66. The minimum Gasteiger partial charge on any atom is -0.478 e. The van der Waals surface area contributed by atoms with Crippen LogP contribution in [0.4, 0.5) is 4.39 Å². The Morgan fingerprint density at radius 3 is 2.39 bits per heavy atom. The fraction of sp³-hybridized carbons (Fsp3) is 0.333. The van der Waals surface area contributed by atoms with Gasteiger partial charge >= 0.3 is 5.97 Å². The molecule has 0 spiro atoms. The first kappa shape index (κ1) is 20.0. The molecule has 28 heavy (non-hydrogen) atoms. The summed E-state index contributed by atoms with van der Waals surface area (Å²) in [5.74, 6) is -4.32. The van der Waals surface area contributed by atoms with Crippen LogP contribution in [0.5, 0.6) is 0 Å². The Balaban J connectivity index is 1.96. The van der Waals surface area contributed by atoms with Gasteiger partial charge in [-0.2, -0.15) is 0 Å². The summed E-state index contributed by atoms with van der Waals surface area (Å²) in [4.78, 5) is 24.1. The summed E-state index contributed by atoms with van der Waals surface area (Å²) in [7, 11) is 2.43. The zero-order chi connectivity index (χ0) is 20.4. The van der Waals surface area contributed by atoms with Gasteiger partial charge in [0.2, 0.25) is 11.6 Å². The van der Waals surface area contributed by atoms with Crippen molar-refractivity contribution in [3.63, 3.8) is 0 Å². The van der Waals surface area contributed by atoms with Crippen LogP contribution in [0.2, 0.25) is 0 Å². The highest BCUT2D eigenvalue weighted by molar-refractivity contribution is 6.03. The average molecular weight is 387 g/mol. The van der Waals surface area contributed by atoms with Crippen LogP contribution in [0.1, 0.15) is 24.8 Å². The molecule has 0 fully saturated rings. The van der Waals surface area contributed by atoms with E-state index in [2.05, 4.69) is 5.32 Å². The lowest BCUT2D eigenvalue weighted by molar-refractivity contribution is -0.217. The van der Waals surface area contributed by atoms with Gasteiger partial charge in [0, 0.05) is 25.4 Å². The molecule has 0 saturated heterocycles. The van der Waals surface area contributed by atoms with E-state index in [1.165, 1.54) is 26.4 Å². The SMILES string of the molecule is COC1(F)C=C(c2ccccc2)C=CC1(NC(=O)C1=C(C(=O)O)CCC1)OC. The van der Waals surface area contributed by atoms with E-state index < -0.39 is 23.5 Å². The van der Waals surface area contributed by atoms with Crippen molar-refractivity contribution in [3.8, 4) is 0 Å². The Kier molecular flexibility index (Phi) is 5.49. The molecule has 1 amide bonds. The van der Waals surface area contributed by atoms with Crippen LogP contribution in [0.15, 0.2) is 59.7 Å². The number of alkyl halides is 1. The summed E-state index contributed by atoms with van der Waals surface area (Å²) in [5, 5.41) is 11.8. The van der Waals surface area contributed by atoms with E-state index in [4.69, 9.17) is 9.47 Å². The summed E-state index contributed by atoms with van der Waals surface area (Å²) >= 11 is 0. The number of nitrogens with one attached hydrogen (secondary N) is 1. The van der Waals surface area contributed by atoms with Crippen molar-refractivity contribution in [2.24, 2.45) is 0 Å². The lowest BCUT2D eigenvalue weighted by Gasteiger charge is -2.42. The van der Waals surface area contributed by atoms with E-state index in [-0.39, 0.29) is 11.1 Å². The Morgan fingerprint density at radius 2 is 1.79 bits per heavy atom. The predicted molar refractivity (Wildman–Crippen MR) is 101 cm³/mol. The Morgan fingerprint density at radius 1 is 1.11 bits per heavy atom. The van der Waals surface area contributed by atoms with Gasteiger partial charge in [0.1, 0.15) is 0 Å². The Labute approximate surface area is 162 Å². The first-order chi connectivity index (χ1) is 13.4. The highest BCUT2D eigenvalue weighted by Crippen LogP contribution is 2.39. The molecule has 2 aliphatic carbocycles. The molecule has 0 aliphatic heterocycles. The number of carboxylic acid groups (broad SMARTS) is 1. The van der Waals surface area contributed by atoms with Crippen molar-refractivity contribution in [2.45, 2.75) is 30.8 Å². The number of rotatable bonds is 6. The van der Waals surface area contributed by atoms with Crippen molar-refractivity contribution in [1.29, 1.82) is 0 Å². The van der Waals surface area contributed by atoms with Gasteiger partial charge < -0.3 is 19.9 Å². The maximum absolute atomic E-state index is 15.8. The third-order valence-corrected chi connectivity index (χ3v) is 5.12. The van der Waals surface area contributed by atoms with Gasteiger partial charge in [0.25, 0.3) is 5.85 Å². The van der Waals surface area contributed by atoms with Crippen molar-refractivity contribution in [1.82, 2.24) is 5.32 Å². The molecule has 0 saturated carbocycles. The summed E-state index contributed by atoms with van der Waals surface area (Å²) in [6.07, 6.45) is 5.44. The van der Waals surface area contributed by atoms with Crippen LogP contribution in [0.3, 0.4) is 0 Å². The van der Waals surface area contributed by atoms with Gasteiger partial charge in [0.15, 0.2) is 0 Å². The number of ether oxygens (including phenoxy) is 2. The number of hydrogen-bond acceptors (Lipinski definition) is 4. The van der Waals surface area contributed by atoms with Gasteiger partial charge in [-0.15, -0.1) is 0 Å². The lowest BCUT2D eigenvalue weighted by atomic mass is 9.90. The summed E-state index contributed by atoms with van der Waals surface area (Å²) < 4.78 is 26.3. The van der Waals surface area contributed by atoms with Crippen molar-refractivity contribution >= 4 is 17.4 Å². The molecule has 2 aliphatic rings. The molecule has 1 aromatic rings. The monoisotopic (exact) mass is 387 g/mol. The van der Waals surface area contributed by atoms with E-state index in [1.807, 2.05) is 30.3 Å². The van der Waals surface area contributed by atoms with E-state index in [9.17, 15) is 14.7 Å². The molecule has 0 heterocycles. The van der Waals surface area contributed by atoms with Crippen LogP contribution >= 0.6 is 0 Å². The third-order valence-electron chi connectivity index (χ3n) is 5.12. The molecule has 2 N–H and O–H groups in total. The molecule has 0 bridgehead atoms. The highest BCUT2D eigenvalue weighted by Gasteiger charge is 2.54. The Hall–Kier alpha value is -2.77. The molecule has 2 atom stereocenters. The minimum absolute atomic E-state index is 0.0472. The fourth-order valence-electron chi connectivity index (χ4n) is 3.56. The fourth-order valence-corrected chi connectivity index (χ4v) is 3.56. The standard InChI is InChI=1S/C21H22FNO5/c1-27-20(22)13-15(14-7-4-3-5-8-14)11-12-21(20,28-2)23-18(24)16-9-6-10-17(16)19(25)26/h3-5,7-8,11-13H,6,9-10H2,1-2H3,(H,23,24)(H,25,26). The number of aliphatic carboxylic acids is 1. The molecule has 2 unspecified atom stereocenters. The number of hydrogen-bond donors (Lipinski definition) is 2. The van der Waals surface area contributed by atoms with E-state index in [0.717, 1.165) is 5.56 Å². The molecule has 0 radical (unpaired) electrons. The second kappa shape index (κ2) is 7.69. The van der Waals surface area contributed by atoms with Crippen molar-refractivity contribution < 1.29 is 28.6 Å². The third kappa shape index (κ3) is 3.39.